The van der Waals surface area contributed by atoms with Crippen LogP contribution >= 0.6 is 0 Å². The van der Waals surface area contributed by atoms with Gasteiger partial charge in [-0.15, -0.1) is 0 Å². The van der Waals surface area contributed by atoms with Crippen LogP contribution in [0.25, 0.3) is 0 Å². The molecule has 1 aliphatic rings. The van der Waals surface area contributed by atoms with Gasteiger partial charge in [0.25, 0.3) is 0 Å². The number of aliphatic hydroxyl groups excluding tert-OH is 3. The summed E-state index contributed by atoms with van der Waals surface area (Å²) >= 11 is 0. The van der Waals surface area contributed by atoms with Crippen LogP contribution < -0.4 is 5.32 Å². The largest absolute Gasteiger partial charge is 0.390 e. The molecule has 0 amide bonds. The average Bonchev–Trinajstić information content (AvgIpc) is 2.19. The van der Waals surface area contributed by atoms with Crippen LogP contribution in [0.1, 0.15) is 19.3 Å². The monoisotopic (exact) mass is 175 g/mol. The lowest BCUT2D eigenvalue weighted by molar-refractivity contribution is -0.0638. The summed E-state index contributed by atoms with van der Waals surface area (Å²) in [6, 6.07) is -0.0999. The maximum Gasteiger partial charge on any atom is 0.107 e. The quantitative estimate of drug-likeness (QED) is 0.379. The van der Waals surface area contributed by atoms with Gasteiger partial charge in [0.2, 0.25) is 0 Å². The van der Waals surface area contributed by atoms with Crippen molar-refractivity contribution >= 4 is 0 Å². The Morgan fingerprint density at radius 2 is 1.75 bits per heavy atom. The molecule has 0 bridgehead atoms. The maximum absolute atomic E-state index is 9.52. The minimum absolute atomic E-state index is 0.0999. The van der Waals surface area contributed by atoms with E-state index in [-0.39, 0.29) is 6.04 Å². The van der Waals surface area contributed by atoms with E-state index in [2.05, 4.69) is 5.32 Å². The number of likely N-dealkylation sites (N-methyl/N-ethyl adjacent to an activating group) is 1. The van der Waals surface area contributed by atoms with Crippen molar-refractivity contribution in [1.82, 2.24) is 5.32 Å². The van der Waals surface area contributed by atoms with E-state index in [0.717, 1.165) is 12.8 Å². The number of nitrogens with one attached hydrogen (secondary N) is 1. The van der Waals surface area contributed by atoms with E-state index in [4.69, 9.17) is 0 Å². The molecule has 1 saturated carbocycles. The Morgan fingerprint density at radius 1 is 1.08 bits per heavy atom. The van der Waals surface area contributed by atoms with Gasteiger partial charge in [0.15, 0.2) is 0 Å². The number of rotatable bonds is 1. The SMILES string of the molecule is CNC1CCCC(O)C(O)C1O. The molecule has 4 N–H and O–H groups in total. The van der Waals surface area contributed by atoms with E-state index in [1.807, 2.05) is 0 Å². The molecule has 0 spiro atoms. The number of hydrogen-bond acceptors (Lipinski definition) is 4. The van der Waals surface area contributed by atoms with E-state index in [1.165, 1.54) is 0 Å². The molecule has 0 radical (unpaired) electrons. The Hall–Kier alpha value is -0.160. The smallest absolute Gasteiger partial charge is 0.107 e. The second-order valence-electron chi connectivity index (χ2n) is 3.37. The molecule has 0 aromatic rings. The Kier molecular flexibility index (Phi) is 3.46. The first kappa shape index (κ1) is 9.92. The van der Waals surface area contributed by atoms with Crippen LogP contribution in [0.4, 0.5) is 0 Å². The molecule has 4 nitrogen and oxygen atoms in total. The fourth-order valence-corrected chi connectivity index (χ4v) is 1.67. The highest BCUT2D eigenvalue weighted by Gasteiger charge is 2.32. The third-order valence-corrected chi connectivity index (χ3v) is 2.54. The first-order valence-electron chi connectivity index (χ1n) is 4.38. The third kappa shape index (κ3) is 1.95. The number of aliphatic hydroxyl groups is 3. The molecule has 0 aromatic heterocycles. The van der Waals surface area contributed by atoms with E-state index in [1.54, 1.807) is 7.05 Å². The Morgan fingerprint density at radius 3 is 2.33 bits per heavy atom. The summed E-state index contributed by atoms with van der Waals surface area (Å²) in [6.45, 7) is 0. The molecule has 0 saturated heterocycles. The molecule has 4 heteroatoms. The van der Waals surface area contributed by atoms with Crippen molar-refractivity contribution in [2.75, 3.05) is 7.05 Å². The third-order valence-electron chi connectivity index (χ3n) is 2.54. The Balaban J connectivity index is 2.59. The van der Waals surface area contributed by atoms with Crippen molar-refractivity contribution in [3.05, 3.63) is 0 Å². The molecule has 4 unspecified atom stereocenters. The first-order chi connectivity index (χ1) is 5.66. The van der Waals surface area contributed by atoms with Crippen molar-refractivity contribution in [1.29, 1.82) is 0 Å². The molecule has 1 rings (SSSR count). The molecule has 1 fully saturated rings. The fraction of sp³-hybridized carbons (Fsp3) is 1.00. The zero-order chi connectivity index (χ0) is 9.14. The van der Waals surface area contributed by atoms with Gasteiger partial charge in [-0.2, -0.15) is 0 Å². The molecule has 1 aliphatic carbocycles. The van der Waals surface area contributed by atoms with Crippen LogP contribution in [-0.2, 0) is 0 Å². The summed E-state index contributed by atoms with van der Waals surface area (Å²) in [7, 11) is 1.75. The Labute approximate surface area is 72.2 Å². The van der Waals surface area contributed by atoms with Gasteiger partial charge in [-0.1, -0.05) is 0 Å². The normalized spacial score (nSPS) is 44.0. The standard InChI is InChI=1S/C8H17NO3/c1-9-5-3-2-4-6(10)8(12)7(5)11/h5-12H,2-4H2,1H3. The van der Waals surface area contributed by atoms with Crippen molar-refractivity contribution in [3.8, 4) is 0 Å². The lowest BCUT2D eigenvalue weighted by Gasteiger charge is -2.25. The van der Waals surface area contributed by atoms with E-state index < -0.39 is 18.3 Å². The van der Waals surface area contributed by atoms with Gasteiger partial charge in [0.1, 0.15) is 6.10 Å². The van der Waals surface area contributed by atoms with Crippen molar-refractivity contribution in [2.24, 2.45) is 0 Å². The van der Waals surface area contributed by atoms with Gasteiger partial charge in [-0.3, -0.25) is 0 Å². The van der Waals surface area contributed by atoms with Gasteiger partial charge in [0.05, 0.1) is 12.2 Å². The second kappa shape index (κ2) is 4.18. The topological polar surface area (TPSA) is 72.7 Å². The summed E-state index contributed by atoms with van der Waals surface area (Å²) < 4.78 is 0. The molecular weight excluding hydrogens is 158 g/mol. The predicted octanol–water partition coefficient (Wildman–Crippen LogP) is -1.16. The van der Waals surface area contributed by atoms with Crippen LogP contribution in [-0.4, -0.2) is 46.7 Å². The Bertz CT molecular complexity index is 140. The summed E-state index contributed by atoms with van der Waals surface area (Å²) in [5.74, 6) is 0. The van der Waals surface area contributed by atoms with Crippen LogP contribution in [0.2, 0.25) is 0 Å². The first-order valence-corrected chi connectivity index (χ1v) is 4.38. The van der Waals surface area contributed by atoms with Crippen LogP contribution in [0, 0.1) is 0 Å². The van der Waals surface area contributed by atoms with Crippen LogP contribution in [0.15, 0.2) is 0 Å². The van der Waals surface area contributed by atoms with E-state index >= 15 is 0 Å². The molecule has 72 valence electrons. The van der Waals surface area contributed by atoms with Gasteiger partial charge in [0, 0.05) is 6.04 Å². The predicted molar refractivity (Wildman–Crippen MR) is 44.7 cm³/mol. The molecule has 0 heterocycles. The van der Waals surface area contributed by atoms with Gasteiger partial charge >= 0.3 is 0 Å². The molecule has 0 aliphatic heterocycles. The van der Waals surface area contributed by atoms with Gasteiger partial charge in [-0.05, 0) is 26.3 Å². The minimum Gasteiger partial charge on any atom is -0.390 e. The molecule has 4 atom stereocenters. The van der Waals surface area contributed by atoms with Crippen LogP contribution in [0.5, 0.6) is 0 Å². The fourth-order valence-electron chi connectivity index (χ4n) is 1.67. The number of hydrogen-bond donors (Lipinski definition) is 4. The highest BCUT2D eigenvalue weighted by molar-refractivity contribution is 4.88. The lowest BCUT2D eigenvalue weighted by atomic mass is 10.0. The summed E-state index contributed by atoms with van der Waals surface area (Å²) in [6.07, 6.45) is -0.445. The summed E-state index contributed by atoms with van der Waals surface area (Å²) in [5.41, 5.74) is 0. The van der Waals surface area contributed by atoms with E-state index in [9.17, 15) is 15.3 Å². The zero-order valence-electron chi connectivity index (χ0n) is 7.27. The maximum atomic E-state index is 9.52. The van der Waals surface area contributed by atoms with Crippen molar-refractivity contribution in [3.63, 3.8) is 0 Å². The van der Waals surface area contributed by atoms with E-state index in [0.29, 0.717) is 6.42 Å². The summed E-state index contributed by atoms with van der Waals surface area (Å²) in [5, 5.41) is 31.1. The summed E-state index contributed by atoms with van der Waals surface area (Å²) in [4.78, 5) is 0. The highest BCUT2D eigenvalue weighted by Crippen LogP contribution is 2.18. The van der Waals surface area contributed by atoms with Gasteiger partial charge in [-0.25, -0.2) is 0 Å². The lowest BCUT2D eigenvalue weighted by Crippen LogP contribution is -2.47. The van der Waals surface area contributed by atoms with Crippen LogP contribution in [0.3, 0.4) is 0 Å². The zero-order valence-corrected chi connectivity index (χ0v) is 7.27. The van der Waals surface area contributed by atoms with Crippen molar-refractivity contribution in [2.45, 2.75) is 43.6 Å². The molecule has 12 heavy (non-hydrogen) atoms. The second-order valence-corrected chi connectivity index (χ2v) is 3.37. The molecular formula is C8H17NO3. The van der Waals surface area contributed by atoms with Gasteiger partial charge < -0.3 is 20.6 Å². The highest BCUT2D eigenvalue weighted by atomic mass is 16.4. The van der Waals surface area contributed by atoms with Crippen molar-refractivity contribution < 1.29 is 15.3 Å². The minimum atomic E-state index is -1.01. The average molecular weight is 175 g/mol. The molecule has 0 aromatic carbocycles.